The van der Waals surface area contributed by atoms with Crippen LogP contribution in [0.15, 0.2) is 0 Å². The third kappa shape index (κ3) is 7.34. The van der Waals surface area contributed by atoms with Crippen molar-refractivity contribution in [2.24, 2.45) is 11.1 Å². The molecule has 19 heavy (non-hydrogen) atoms. The van der Waals surface area contributed by atoms with E-state index < -0.39 is 0 Å². The van der Waals surface area contributed by atoms with Gasteiger partial charge in [0.2, 0.25) is 0 Å². The zero-order valence-electron chi connectivity index (χ0n) is 13.8. The standard InChI is InChI=1S/C18H37N/c1-4-5-6-7-8-9-10-11-14-18(19)15-12-13-17(2,3)16-18/h4-16,19H2,1-3H3. The van der Waals surface area contributed by atoms with Gasteiger partial charge in [0, 0.05) is 5.54 Å². The van der Waals surface area contributed by atoms with E-state index in [0.717, 1.165) is 0 Å². The van der Waals surface area contributed by atoms with Gasteiger partial charge in [0.15, 0.2) is 0 Å². The van der Waals surface area contributed by atoms with Crippen LogP contribution in [0.5, 0.6) is 0 Å². The van der Waals surface area contributed by atoms with Crippen molar-refractivity contribution >= 4 is 0 Å². The lowest BCUT2D eigenvalue weighted by Crippen LogP contribution is -2.46. The highest BCUT2D eigenvalue weighted by atomic mass is 14.8. The number of nitrogens with two attached hydrogens (primary N) is 1. The minimum Gasteiger partial charge on any atom is -0.325 e. The minimum atomic E-state index is 0.157. The Hall–Kier alpha value is -0.0400. The summed E-state index contributed by atoms with van der Waals surface area (Å²) in [5.41, 5.74) is 7.25. The number of hydrogen-bond donors (Lipinski definition) is 1. The topological polar surface area (TPSA) is 26.0 Å². The number of rotatable bonds is 9. The summed E-state index contributed by atoms with van der Waals surface area (Å²) in [7, 11) is 0. The first-order valence-corrected chi connectivity index (χ1v) is 8.76. The monoisotopic (exact) mass is 267 g/mol. The van der Waals surface area contributed by atoms with Crippen molar-refractivity contribution in [2.75, 3.05) is 0 Å². The Kier molecular flexibility index (Phi) is 7.42. The van der Waals surface area contributed by atoms with Crippen molar-refractivity contribution in [2.45, 2.75) is 110 Å². The number of unbranched alkanes of at least 4 members (excludes halogenated alkanes) is 7. The second kappa shape index (κ2) is 8.29. The van der Waals surface area contributed by atoms with Crippen LogP contribution in [0.2, 0.25) is 0 Å². The Labute approximate surface area is 121 Å². The first kappa shape index (κ1) is 17.0. The summed E-state index contributed by atoms with van der Waals surface area (Å²) in [6, 6.07) is 0. The smallest absolute Gasteiger partial charge is 0.0159 e. The summed E-state index contributed by atoms with van der Waals surface area (Å²) >= 11 is 0. The first-order valence-electron chi connectivity index (χ1n) is 8.76. The molecule has 0 bridgehead atoms. The van der Waals surface area contributed by atoms with Crippen molar-refractivity contribution in [1.29, 1.82) is 0 Å². The van der Waals surface area contributed by atoms with E-state index in [0.29, 0.717) is 5.41 Å². The van der Waals surface area contributed by atoms with E-state index in [-0.39, 0.29) is 5.54 Å². The summed E-state index contributed by atoms with van der Waals surface area (Å²) in [5, 5.41) is 0. The van der Waals surface area contributed by atoms with Crippen molar-refractivity contribution in [3.8, 4) is 0 Å². The van der Waals surface area contributed by atoms with Crippen molar-refractivity contribution < 1.29 is 0 Å². The maximum Gasteiger partial charge on any atom is 0.0159 e. The predicted molar refractivity (Wildman–Crippen MR) is 86.4 cm³/mol. The van der Waals surface area contributed by atoms with Gasteiger partial charge in [-0.15, -0.1) is 0 Å². The molecule has 0 aliphatic heterocycles. The van der Waals surface area contributed by atoms with Crippen LogP contribution in [0.25, 0.3) is 0 Å². The van der Waals surface area contributed by atoms with Gasteiger partial charge in [-0.1, -0.05) is 78.6 Å². The molecule has 1 fully saturated rings. The molecule has 0 spiro atoms. The molecule has 1 aliphatic carbocycles. The Morgan fingerprint density at radius 2 is 1.42 bits per heavy atom. The summed E-state index contributed by atoms with van der Waals surface area (Å²) in [5.74, 6) is 0. The van der Waals surface area contributed by atoms with Crippen molar-refractivity contribution in [1.82, 2.24) is 0 Å². The quantitative estimate of drug-likeness (QED) is 0.524. The molecule has 1 nitrogen and oxygen atoms in total. The largest absolute Gasteiger partial charge is 0.325 e. The molecule has 1 aliphatic rings. The lowest BCUT2D eigenvalue weighted by molar-refractivity contribution is 0.141. The fourth-order valence-corrected chi connectivity index (χ4v) is 3.87. The molecule has 114 valence electrons. The molecule has 0 saturated heterocycles. The van der Waals surface area contributed by atoms with Crippen LogP contribution in [-0.2, 0) is 0 Å². The normalized spacial score (nSPS) is 26.5. The molecular weight excluding hydrogens is 230 g/mol. The van der Waals surface area contributed by atoms with Gasteiger partial charge >= 0.3 is 0 Å². The van der Waals surface area contributed by atoms with E-state index in [1.807, 2.05) is 0 Å². The van der Waals surface area contributed by atoms with Crippen LogP contribution in [0.4, 0.5) is 0 Å². The van der Waals surface area contributed by atoms with Gasteiger partial charge in [-0.2, -0.15) is 0 Å². The van der Waals surface area contributed by atoms with E-state index in [1.165, 1.54) is 83.5 Å². The van der Waals surface area contributed by atoms with Gasteiger partial charge in [-0.3, -0.25) is 0 Å². The lowest BCUT2D eigenvalue weighted by Gasteiger charge is -2.42. The molecule has 0 heterocycles. The average Bonchev–Trinajstić information content (AvgIpc) is 2.31. The zero-order valence-corrected chi connectivity index (χ0v) is 13.8. The van der Waals surface area contributed by atoms with Gasteiger partial charge in [-0.25, -0.2) is 0 Å². The zero-order chi connectivity index (χ0) is 14.2. The van der Waals surface area contributed by atoms with Gasteiger partial charge in [0.1, 0.15) is 0 Å². The van der Waals surface area contributed by atoms with Crippen LogP contribution < -0.4 is 5.73 Å². The molecule has 0 aromatic rings. The van der Waals surface area contributed by atoms with Crippen molar-refractivity contribution in [3.63, 3.8) is 0 Å². The SMILES string of the molecule is CCCCCCCCCCC1(N)CCCC(C)(C)C1. The van der Waals surface area contributed by atoms with Gasteiger partial charge in [0.05, 0.1) is 0 Å². The number of hydrogen-bond acceptors (Lipinski definition) is 1. The first-order chi connectivity index (χ1) is 8.97. The molecule has 0 aromatic heterocycles. The molecule has 1 saturated carbocycles. The van der Waals surface area contributed by atoms with E-state index in [1.54, 1.807) is 0 Å². The average molecular weight is 268 g/mol. The van der Waals surface area contributed by atoms with Crippen LogP contribution in [0.1, 0.15) is 104 Å². The van der Waals surface area contributed by atoms with Crippen LogP contribution in [-0.4, -0.2) is 5.54 Å². The van der Waals surface area contributed by atoms with E-state index >= 15 is 0 Å². The lowest BCUT2D eigenvalue weighted by atomic mass is 9.67. The fraction of sp³-hybridized carbons (Fsp3) is 1.00. The third-order valence-electron chi connectivity index (χ3n) is 4.89. The molecule has 1 rings (SSSR count). The van der Waals surface area contributed by atoms with Gasteiger partial charge in [0.25, 0.3) is 0 Å². The van der Waals surface area contributed by atoms with Crippen LogP contribution in [0, 0.1) is 5.41 Å². The molecule has 1 atom stereocenters. The van der Waals surface area contributed by atoms with E-state index in [4.69, 9.17) is 5.73 Å². The molecule has 1 heteroatoms. The summed E-state index contributed by atoms with van der Waals surface area (Å²) in [4.78, 5) is 0. The highest BCUT2D eigenvalue weighted by Gasteiger charge is 2.36. The van der Waals surface area contributed by atoms with E-state index in [2.05, 4.69) is 20.8 Å². The molecule has 1 unspecified atom stereocenters. The Balaban J connectivity index is 2.05. The Morgan fingerprint density at radius 3 is 2.00 bits per heavy atom. The highest BCUT2D eigenvalue weighted by molar-refractivity contribution is 4.94. The molecule has 0 radical (unpaired) electrons. The molecule has 0 aromatic carbocycles. The molecule has 2 N–H and O–H groups in total. The van der Waals surface area contributed by atoms with Gasteiger partial charge < -0.3 is 5.73 Å². The molecule has 0 amide bonds. The Morgan fingerprint density at radius 1 is 0.842 bits per heavy atom. The summed E-state index contributed by atoms with van der Waals surface area (Å²) in [6.45, 7) is 7.06. The van der Waals surface area contributed by atoms with Crippen LogP contribution >= 0.6 is 0 Å². The van der Waals surface area contributed by atoms with Gasteiger partial charge in [-0.05, 0) is 31.1 Å². The second-order valence-corrected chi connectivity index (χ2v) is 7.78. The van der Waals surface area contributed by atoms with Crippen molar-refractivity contribution in [3.05, 3.63) is 0 Å². The summed E-state index contributed by atoms with van der Waals surface area (Å²) in [6.07, 6.45) is 17.7. The minimum absolute atomic E-state index is 0.157. The maximum absolute atomic E-state index is 6.62. The van der Waals surface area contributed by atoms with E-state index in [9.17, 15) is 0 Å². The van der Waals surface area contributed by atoms with Crippen LogP contribution in [0.3, 0.4) is 0 Å². The second-order valence-electron chi connectivity index (χ2n) is 7.78. The molecular formula is C18H37N. The highest BCUT2D eigenvalue weighted by Crippen LogP contribution is 2.41. The fourth-order valence-electron chi connectivity index (χ4n) is 3.87. The Bertz CT molecular complexity index is 234. The predicted octanol–water partition coefficient (Wildman–Crippen LogP) is 5.81. The maximum atomic E-state index is 6.62. The summed E-state index contributed by atoms with van der Waals surface area (Å²) < 4.78 is 0. The third-order valence-corrected chi connectivity index (χ3v) is 4.89.